The highest BCUT2D eigenvalue weighted by Crippen LogP contribution is 2.25. The zero-order chi connectivity index (χ0) is 17.8. The lowest BCUT2D eigenvalue weighted by Crippen LogP contribution is -2.21. The van der Waals surface area contributed by atoms with Crippen molar-refractivity contribution in [1.82, 2.24) is 25.5 Å². The highest BCUT2D eigenvalue weighted by Gasteiger charge is 2.23. The number of carbonyl (C=O) groups is 2. The lowest BCUT2D eigenvalue weighted by Gasteiger charge is -2.10. The lowest BCUT2D eigenvalue weighted by molar-refractivity contribution is -0.124. The standard InChI is InChI=1S/C15H14N6O4/c16-13(22)7-11(15-17-10-3-1-2-4-12(10)25-15)21-8-9(18-20-21)5-6-14(23)19-24/h1-6,8,11,24H,7H2,(H2,16,22)(H,19,23). The van der Waals surface area contributed by atoms with Crippen LogP contribution in [0.15, 0.2) is 41.0 Å². The number of benzene rings is 1. The van der Waals surface area contributed by atoms with Crippen LogP contribution in [0.25, 0.3) is 17.2 Å². The first kappa shape index (κ1) is 16.3. The summed E-state index contributed by atoms with van der Waals surface area (Å²) in [4.78, 5) is 26.8. The number of rotatable bonds is 6. The molecule has 3 aromatic rings. The number of primary amides is 1. The topological polar surface area (TPSA) is 149 Å². The minimum Gasteiger partial charge on any atom is -0.438 e. The first-order valence-electron chi connectivity index (χ1n) is 7.24. The van der Waals surface area contributed by atoms with Crippen molar-refractivity contribution < 1.29 is 19.2 Å². The molecule has 10 heteroatoms. The number of para-hydroxylation sites is 2. The SMILES string of the molecule is NC(=O)CC(c1nc2ccccc2o1)n1cc(C=CC(=O)NO)nn1. The van der Waals surface area contributed by atoms with Crippen molar-refractivity contribution in [2.75, 3.05) is 0 Å². The lowest BCUT2D eigenvalue weighted by atomic mass is 10.2. The molecular formula is C15H14N6O4. The van der Waals surface area contributed by atoms with Gasteiger partial charge in [0, 0.05) is 6.08 Å². The largest absolute Gasteiger partial charge is 0.438 e. The molecule has 1 unspecified atom stereocenters. The second-order valence-corrected chi connectivity index (χ2v) is 5.14. The number of nitrogens with two attached hydrogens (primary N) is 1. The van der Waals surface area contributed by atoms with Gasteiger partial charge in [-0.25, -0.2) is 15.1 Å². The predicted octanol–water partition coefficient (Wildman–Crippen LogP) is 0.403. The molecule has 0 radical (unpaired) electrons. The van der Waals surface area contributed by atoms with E-state index in [0.717, 1.165) is 6.08 Å². The summed E-state index contributed by atoms with van der Waals surface area (Å²) in [7, 11) is 0. The van der Waals surface area contributed by atoms with Crippen molar-refractivity contribution in [3.8, 4) is 0 Å². The van der Waals surface area contributed by atoms with Crippen molar-refractivity contribution in [3.63, 3.8) is 0 Å². The van der Waals surface area contributed by atoms with Crippen molar-refractivity contribution in [3.05, 3.63) is 48.1 Å². The van der Waals surface area contributed by atoms with Gasteiger partial charge in [-0.1, -0.05) is 17.3 Å². The highest BCUT2D eigenvalue weighted by molar-refractivity contribution is 5.90. The number of nitrogens with one attached hydrogen (secondary N) is 1. The van der Waals surface area contributed by atoms with Crippen LogP contribution >= 0.6 is 0 Å². The first-order chi connectivity index (χ1) is 12.1. The third-order valence-electron chi connectivity index (χ3n) is 3.35. The Kier molecular flexibility index (Phi) is 4.53. The van der Waals surface area contributed by atoms with Crippen LogP contribution in [0.3, 0.4) is 0 Å². The molecule has 0 aliphatic carbocycles. The number of nitrogens with zero attached hydrogens (tertiary/aromatic N) is 4. The zero-order valence-corrected chi connectivity index (χ0v) is 12.9. The average molecular weight is 342 g/mol. The monoisotopic (exact) mass is 342 g/mol. The number of aromatic nitrogens is 4. The Balaban J connectivity index is 1.93. The number of hydrogen-bond acceptors (Lipinski definition) is 7. The quantitative estimate of drug-likeness (QED) is 0.333. The maximum atomic E-state index is 11.4. The summed E-state index contributed by atoms with van der Waals surface area (Å²) in [5.41, 5.74) is 8.35. The van der Waals surface area contributed by atoms with Gasteiger partial charge in [-0.05, 0) is 18.2 Å². The van der Waals surface area contributed by atoms with Crippen molar-refractivity contribution >= 4 is 29.0 Å². The summed E-state index contributed by atoms with van der Waals surface area (Å²) in [5, 5.41) is 16.3. The highest BCUT2D eigenvalue weighted by atomic mass is 16.5. The van der Waals surface area contributed by atoms with Crippen LogP contribution in [0.4, 0.5) is 0 Å². The molecule has 128 valence electrons. The Hall–Kier alpha value is -3.53. The fourth-order valence-electron chi connectivity index (χ4n) is 2.23. The second-order valence-electron chi connectivity index (χ2n) is 5.14. The fraction of sp³-hybridized carbons (Fsp3) is 0.133. The molecule has 1 aromatic carbocycles. The van der Waals surface area contributed by atoms with Crippen molar-refractivity contribution in [2.45, 2.75) is 12.5 Å². The third-order valence-corrected chi connectivity index (χ3v) is 3.35. The molecule has 0 saturated carbocycles. The van der Waals surface area contributed by atoms with E-state index in [-0.39, 0.29) is 12.3 Å². The average Bonchev–Trinajstić information content (AvgIpc) is 3.23. The maximum absolute atomic E-state index is 11.4. The van der Waals surface area contributed by atoms with Gasteiger partial charge in [0.15, 0.2) is 5.58 Å². The molecule has 2 amide bonds. The summed E-state index contributed by atoms with van der Waals surface area (Å²) in [6, 6.07) is 6.50. The number of hydrogen-bond donors (Lipinski definition) is 3. The molecule has 3 rings (SSSR count). The van der Waals surface area contributed by atoms with Crippen LogP contribution in [-0.4, -0.2) is 37.0 Å². The molecule has 0 spiro atoms. The Bertz CT molecular complexity index is 911. The molecule has 4 N–H and O–H groups in total. The maximum Gasteiger partial charge on any atom is 0.267 e. The number of amides is 2. The Morgan fingerprint density at radius 3 is 2.92 bits per heavy atom. The third kappa shape index (κ3) is 3.70. The van der Waals surface area contributed by atoms with Gasteiger partial charge >= 0.3 is 0 Å². The van der Waals surface area contributed by atoms with E-state index in [4.69, 9.17) is 15.4 Å². The minimum absolute atomic E-state index is 0.0868. The summed E-state index contributed by atoms with van der Waals surface area (Å²) in [5.74, 6) is -0.991. The smallest absolute Gasteiger partial charge is 0.267 e. The molecule has 0 aliphatic heterocycles. The zero-order valence-electron chi connectivity index (χ0n) is 12.9. The van der Waals surface area contributed by atoms with E-state index in [2.05, 4.69) is 15.3 Å². The van der Waals surface area contributed by atoms with Crippen LogP contribution < -0.4 is 11.2 Å². The van der Waals surface area contributed by atoms with Gasteiger partial charge in [-0.3, -0.25) is 14.8 Å². The number of carbonyl (C=O) groups excluding carboxylic acids is 2. The van der Waals surface area contributed by atoms with Crippen LogP contribution in [0.5, 0.6) is 0 Å². The molecule has 0 aliphatic rings. The van der Waals surface area contributed by atoms with Gasteiger partial charge in [0.25, 0.3) is 5.91 Å². The van der Waals surface area contributed by atoms with E-state index >= 15 is 0 Å². The van der Waals surface area contributed by atoms with Crippen LogP contribution in [0, 0.1) is 0 Å². The van der Waals surface area contributed by atoms with Crippen molar-refractivity contribution in [1.29, 1.82) is 0 Å². The molecule has 25 heavy (non-hydrogen) atoms. The van der Waals surface area contributed by atoms with Crippen LogP contribution in [0.2, 0.25) is 0 Å². The number of hydroxylamine groups is 1. The summed E-state index contributed by atoms with van der Waals surface area (Å²) < 4.78 is 7.07. The second kappa shape index (κ2) is 6.93. The molecular weight excluding hydrogens is 328 g/mol. The summed E-state index contributed by atoms with van der Waals surface area (Å²) >= 11 is 0. The summed E-state index contributed by atoms with van der Waals surface area (Å²) in [6.45, 7) is 0. The van der Waals surface area contributed by atoms with E-state index in [1.165, 1.54) is 22.4 Å². The van der Waals surface area contributed by atoms with E-state index in [1.54, 1.807) is 12.1 Å². The normalized spacial score (nSPS) is 12.5. The molecule has 2 heterocycles. The van der Waals surface area contributed by atoms with E-state index in [9.17, 15) is 9.59 Å². The van der Waals surface area contributed by atoms with Gasteiger partial charge in [-0.15, -0.1) is 5.10 Å². The summed E-state index contributed by atoms with van der Waals surface area (Å²) in [6.07, 6.45) is 3.85. The number of oxazole rings is 1. The molecule has 10 nitrogen and oxygen atoms in total. The van der Waals surface area contributed by atoms with Gasteiger partial charge in [-0.2, -0.15) is 0 Å². The van der Waals surface area contributed by atoms with Crippen LogP contribution in [-0.2, 0) is 9.59 Å². The van der Waals surface area contributed by atoms with Gasteiger partial charge in [0.05, 0.1) is 12.6 Å². The van der Waals surface area contributed by atoms with Crippen LogP contribution in [0.1, 0.15) is 24.0 Å². The minimum atomic E-state index is -0.706. The van der Waals surface area contributed by atoms with E-state index < -0.39 is 17.9 Å². The molecule has 0 bridgehead atoms. The van der Waals surface area contributed by atoms with E-state index in [1.807, 2.05) is 12.1 Å². The Labute approximate surface area is 140 Å². The number of fused-ring (bicyclic) bond motifs is 1. The fourth-order valence-corrected chi connectivity index (χ4v) is 2.23. The molecule has 2 aromatic heterocycles. The molecule has 1 atom stereocenters. The van der Waals surface area contributed by atoms with Gasteiger partial charge < -0.3 is 10.2 Å². The molecule has 0 saturated heterocycles. The van der Waals surface area contributed by atoms with Gasteiger partial charge in [0.1, 0.15) is 17.3 Å². The predicted molar refractivity (Wildman–Crippen MR) is 84.9 cm³/mol. The van der Waals surface area contributed by atoms with Crippen molar-refractivity contribution in [2.24, 2.45) is 5.73 Å². The van der Waals surface area contributed by atoms with E-state index in [0.29, 0.717) is 16.8 Å². The Morgan fingerprint density at radius 1 is 1.40 bits per heavy atom. The molecule has 0 fully saturated rings. The first-order valence-corrected chi connectivity index (χ1v) is 7.24. The Morgan fingerprint density at radius 2 is 2.20 bits per heavy atom. The van der Waals surface area contributed by atoms with Gasteiger partial charge in [0.2, 0.25) is 11.8 Å².